The Balaban J connectivity index is 3.39. The average molecular weight is 258 g/mol. The smallest absolute Gasteiger partial charge is 0.258 e. The Morgan fingerprint density at radius 1 is 1.40 bits per heavy atom. The van der Waals surface area contributed by atoms with Gasteiger partial charge < -0.3 is 0 Å². The number of benzene rings is 1. The summed E-state index contributed by atoms with van der Waals surface area (Å²) in [6.45, 7) is 0. The molecule has 0 heterocycles. The van der Waals surface area contributed by atoms with Crippen LogP contribution in [0.25, 0.3) is 0 Å². The van der Waals surface area contributed by atoms with Gasteiger partial charge in [-0.05, 0) is 6.07 Å². The van der Waals surface area contributed by atoms with Gasteiger partial charge in [0, 0.05) is 6.07 Å². The van der Waals surface area contributed by atoms with Crippen LogP contribution in [-0.2, 0) is 6.18 Å². The average Bonchev–Trinajstić information content (AvgIpc) is 2.06. The van der Waals surface area contributed by atoms with E-state index in [1.165, 1.54) is 0 Å². The number of hydrogen-bond donors (Lipinski definition) is 1. The molecule has 0 saturated carbocycles. The molecule has 0 spiro atoms. The van der Waals surface area contributed by atoms with Gasteiger partial charge in [-0.1, -0.05) is 11.6 Å². The molecule has 8 heteroatoms. The van der Waals surface area contributed by atoms with Gasteiger partial charge in [0.2, 0.25) is 0 Å². The highest BCUT2D eigenvalue weighted by molar-refractivity contribution is 7.80. The van der Waals surface area contributed by atoms with E-state index in [2.05, 4.69) is 12.6 Å². The van der Waals surface area contributed by atoms with Crippen LogP contribution >= 0.6 is 24.2 Å². The zero-order valence-electron chi connectivity index (χ0n) is 6.88. The Kier molecular flexibility index (Phi) is 3.15. The summed E-state index contributed by atoms with van der Waals surface area (Å²) in [5.41, 5.74) is -1.70. The van der Waals surface area contributed by atoms with Gasteiger partial charge in [0.05, 0.1) is 20.4 Å². The first kappa shape index (κ1) is 12.1. The normalized spacial score (nSPS) is 11.5. The van der Waals surface area contributed by atoms with Crippen LogP contribution in [0, 0.1) is 10.1 Å². The summed E-state index contributed by atoms with van der Waals surface area (Å²) in [7, 11) is 0. The van der Waals surface area contributed by atoms with Crippen molar-refractivity contribution < 1.29 is 18.1 Å². The van der Waals surface area contributed by atoms with Crippen molar-refractivity contribution in [3.8, 4) is 0 Å². The fourth-order valence-electron chi connectivity index (χ4n) is 0.915. The molecule has 0 bridgehead atoms. The fourth-order valence-corrected chi connectivity index (χ4v) is 1.46. The van der Waals surface area contributed by atoms with Crippen LogP contribution < -0.4 is 0 Å². The lowest BCUT2D eigenvalue weighted by molar-refractivity contribution is -0.387. The maximum atomic E-state index is 12.3. The summed E-state index contributed by atoms with van der Waals surface area (Å²) in [6.07, 6.45) is -4.65. The minimum absolute atomic E-state index is 0.378. The number of nitrogens with zero attached hydrogens (tertiary/aromatic N) is 1. The van der Waals surface area contributed by atoms with Gasteiger partial charge in [-0.15, -0.1) is 12.6 Å². The lowest BCUT2D eigenvalue weighted by Gasteiger charge is -2.09. The molecule has 0 aliphatic rings. The first-order valence-electron chi connectivity index (χ1n) is 3.47. The molecule has 1 aromatic carbocycles. The van der Waals surface area contributed by atoms with Crippen LogP contribution in [0.1, 0.15) is 5.56 Å². The fraction of sp³-hybridized carbons (Fsp3) is 0.143. The summed E-state index contributed by atoms with van der Waals surface area (Å²) in [4.78, 5) is 9.12. The zero-order valence-corrected chi connectivity index (χ0v) is 8.53. The van der Waals surface area contributed by atoms with Crippen LogP contribution in [0.3, 0.4) is 0 Å². The standard InChI is InChI=1S/C7H3ClF3NO2S/c8-4-2-5(12(13)14)6(15)1-3(4)7(9,10)11/h1-2,15H. The lowest BCUT2D eigenvalue weighted by atomic mass is 10.2. The third-order valence-electron chi connectivity index (χ3n) is 1.57. The highest BCUT2D eigenvalue weighted by Crippen LogP contribution is 2.39. The van der Waals surface area contributed by atoms with Crippen molar-refractivity contribution in [2.24, 2.45) is 0 Å². The monoisotopic (exact) mass is 257 g/mol. The molecular weight excluding hydrogens is 255 g/mol. The molecule has 1 rings (SSSR count). The molecule has 0 aliphatic heterocycles. The Bertz CT molecular complexity index is 421. The Labute approximate surface area is 92.4 Å². The second-order valence-corrected chi connectivity index (χ2v) is 3.46. The molecule has 3 nitrogen and oxygen atoms in total. The van der Waals surface area contributed by atoms with E-state index in [4.69, 9.17) is 11.6 Å². The summed E-state index contributed by atoms with van der Waals surface area (Å²) < 4.78 is 36.8. The number of alkyl halides is 3. The summed E-state index contributed by atoms with van der Waals surface area (Å²) in [5, 5.41) is 9.64. The number of thiol groups is 1. The molecule has 0 amide bonds. The zero-order chi connectivity index (χ0) is 11.8. The molecule has 0 N–H and O–H groups in total. The molecule has 0 fully saturated rings. The Morgan fingerprint density at radius 3 is 2.33 bits per heavy atom. The Morgan fingerprint density at radius 2 is 1.93 bits per heavy atom. The quantitative estimate of drug-likeness (QED) is 0.475. The van der Waals surface area contributed by atoms with E-state index in [0.29, 0.717) is 12.1 Å². The number of halogens is 4. The van der Waals surface area contributed by atoms with Crippen molar-refractivity contribution in [3.05, 3.63) is 32.8 Å². The van der Waals surface area contributed by atoms with E-state index >= 15 is 0 Å². The molecule has 0 saturated heterocycles. The van der Waals surface area contributed by atoms with Crippen LogP contribution in [0.5, 0.6) is 0 Å². The molecule has 0 atom stereocenters. The van der Waals surface area contributed by atoms with Crippen LogP contribution in [0.4, 0.5) is 18.9 Å². The van der Waals surface area contributed by atoms with Gasteiger partial charge in [0.1, 0.15) is 0 Å². The minimum atomic E-state index is -4.65. The maximum absolute atomic E-state index is 12.3. The van der Waals surface area contributed by atoms with E-state index in [0.717, 1.165) is 0 Å². The number of nitro groups is 1. The van der Waals surface area contributed by atoms with Gasteiger partial charge in [0.25, 0.3) is 5.69 Å². The second kappa shape index (κ2) is 3.90. The predicted octanol–water partition coefficient (Wildman–Crippen LogP) is 3.56. The van der Waals surface area contributed by atoms with Gasteiger partial charge in [-0.2, -0.15) is 13.2 Å². The topological polar surface area (TPSA) is 43.1 Å². The third-order valence-corrected chi connectivity index (χ3v) is 2.24. The first-order valence-corrected chi connectivity index (χ1v) is 4.30. The summed E-state index contributed by atoms with van der Waals surface area (Å²) >= 11 is 8.86. The highest BCUT2D eigenvalue weighted by atomic mass is 35.5. The van der Waals surface area contributed by atoms with Gasteiger partial charge >= 0.3 is 6.18 Å². The van der Waals surface area contributed by atoms with Crippen molar-refractivity contribution in [1.29, 1.82) is 0 Å². The largest absolute Gasteiger partial charge is 0.417 e. The lowest BCUT2D eigenvalue weighted by Crippen LogP contribution is -2.06. The van der Waals surface area contributed by atoms with Crippen molar-refractivity contribution in [2.75, 3.05) is 0 Å². The molecule has 0 aromatic heterocycles. The van der Waals surface area contributed by atoms with Crippen molar-refractivity contribution >= 4 is 29.9 Å². The molecule has 0 unspecified atom stereocenters. The van der Waals surface area contributed by atoms with Gasteiger partial charge in [0.15, 0.2) is 0 Å². The predicted molar refractivity (Wildman–Crippen MR) is 50.4 cm³/mol. The van der Waals surface area contributed by atoms with E-state index in [-0.39, 0.29) is 4.90 Å². The molecule has 1 aromatic rings. The van der Waals surface area contributed by atoms with Crippen LogP contribution in [0.2, 0.25) is 5.02 Å². The number of nitro benzene ring substituents is 1. The van der Waals surface area contributed by atoms with Gasteiger partial charge in [-0.3, -0.25) is 10.1 Å². The van der Waals surface area contributed by atoms with Crippen molar-refractivity contribution in [3.63, 3.8) is 0 Å². The highest BCUT2D eigenvalue weighted by Gasteiger charge is 2.35. The minimum Gasteiger partial charge on any atom is -0.258 e. The number of rotatable bonds is 1. The van der Waals surface area contributed by atoms with E-state index in [1.807, 2.05) is 0 Å². The van der Waals surface area contributed by atoms with Crippen LogP contribution in [0.15, 0.2) is 17.0 Å². The van der Waals surface area contributed by atoms with Crippen molar-refractivity contribution in [2.45, 2.75) is 11.1 Å². The maximum Gasteiger partial charge on any atom is 0.417 e. The molecular formula is C7H3ClF3NO2S. The molecule has 0 aliphatic carbocycles. The van der Waals surface area contributed by atoms with E-state index in [9.17, 15) is 23.3 Å². The summed E-state index contributed by atoms with van der Waals surface area (Å²) in [5.74, 6) is 0. The van der Waals surface area contributed by atoms with E-state index in [1.54, 1.807) is 0 Å². The first-order chi connectivity index (χ1) is 6.73. The molecule has 15 heavy (non-hydrogen) atoms. The Hall–Kier alpha value is -0.950. The van der Waals surface area contributed by atoms with Crippen LogP contribution in [-0.4, -0.2) is 4.92 Å². The number of hydrogen-bond acceptors (Lipinski definition) is 3. The molecule has 82 valence electrons. The molecule has 0 radical (unpaired) electrons. The van der Waals surface area contributed by atoms with Crippen molar-refractivity contribution in [1.82, 2.24) is 0 Å². The third kappa shape index (κ3) is 2.54. The van der Waals surface area contributed by atoms with E-state index < -0.39 is 27.4 Å². The van der Waals surface area contributed by atoms with Gasteiger partial charge in [-0.25, -0.2) is 0 Å². The second-order valence-electron chi connectivity index (χ2n) is 2.58. The summed E-state index contributed by atoms with van der Waals surface area (Å²) in [6, 6.07) is 1.16. The SMILES string of the molecule is O=[N+]([O-])c1cc(Cl)c(C(F)(F)F)cc1S.